The number of nitrogens with one attached hydrogen (secondary N) is 2. The lowest BCUT2D eigenvalue weighted by atomic mass is 9.96. The van der Waals surface area contributed by atoms with Gasteiger partial charge in [0.2, 0.25) is 5.91 Å². The molecule has 0 unspecified atom stereocenters. The van der Waals surface area contributed by atoms with Crippen LogP contribution in [0.3, 0.4) is 0 Å². The molecule has 2 saturated heterocycles. The van der Waals surface area contributed by atoms with Crippen LogP contribution in [0, 0.1) is 11.8 Å². The Hall–Kier alpha value is -1.31. The molecule has 0 aliphatic carbocycles. The molecule has 2 fully saturated rings. The molecule has 0 aromatic heterocycles. The van der Waals surface area contributed by atoms with Crippen LogP contribution in [-0.2, 0) is 14.6 Å². The Balaban J connectivity index is 1.72. The Labute approximate surface area is 125 Å². The van der Waals surface area contributed by atoms with E-state index in [9.17, 15) is 18.0 Å². The van der Waals surface area contributed by atoms with E-state index < -0.39 is 9.84 Å². The minimum atomic E-state index is -2.90. The average Bonchev–Trinajstić information content (AvgIpc) is 2.83. The maximum Gasteiger partial charge on any atom is 0.317 e. The van der Waals surface area contributed by atoms with Crippen molar-refractivity contribution in [3.8, 4) is 0 Å². The van der Waals surface area contributed by atoms with Crippen LogP contribution in [0.2, 0.25) is 0 Å². The Morgan fingerprint density at radius 1 is 1.19 bits per heavy atom. The largest absolute Gasteiger partial charge is 0.359 e. The van der Waals surface area contributed by atoms with Gasteiger partial charge in [0.25, 0.3) is 0 Å². The molecule has 120 valence electrons. The summed E-state index contributed by atoms with van der Waals surface area (Å²) in [4.78, 5) is 25.2. The lowest BCUT2D eigenvalue weighted by Crippen LogP contribution is -2.47. The highest BCUT2D eigenvalue weighted by Crippen LogP contribution is 2.19. The van der Waals surface area contributed by atoms with Crippen molar-refractivity contribution in [1.82, 2.24) is 15.5 Å². The quantitative estimate of drug-likeness (QED) is 0.739. The van der Waals surface area contributed by atoms with Crippen LogP contribution in [0.25, 0.3) is 0 Å². The zero-order chi connectivity index (χ0) is 15.5. The van der Waals surface area contributed by atoms with Gasteiger partial charge in [-0.3, -0.25) is 4.79 Å². The number of carbonyl (C=O) groups is 2. The number of hydrogen-bond donors (Lipinski definition) is 2. The lowest BCUT2D eigenvalue weighted by molar-refractivity contribution is -0.125. The van der Waals surface area contributed by atoms with Crippen molar-refractivity contribution in [3.63, 3.8) is 0 Å². The number of urea groups is 1. The monoisotopic (exact) mass is 317 g/mol. The number of carbonyl (C=O) groups excluding carboxylic acids is 2. The summed E-state index contributed by atoms with van der Waals surface area (Å²) in [5, 5.41) is 5.45. The molecule has 2 rings (SSSR count). The summed E-state index contributed by atoms with van der Waals surface area (Å²) in [5.41, 5.74) is 0. The van der Waals surface area contributed by atoms with Gasteiger partial charge in [0, 0.05) is 32.6 Å². The molecule has 8 heteroatoms. The minimum absolute atomic E-state index is 0.0148. The smallest absolute Gasteiger partial charge is 0.317 e. The Bertz CT molecular complexity index is 498. The fourth-order valence-corrected chi connectivity index (χ4v) is 4.79. The van der Waals surface area contributed by atoms with E-state index in [1.165, 1.54) is 0 Å². The predicted molar refractivity (Wildman–Crippen MR) is 78.5 cm³/mol. The second-order valence-electron chi connectivity index (χ2n) is 5.83. The normalized spacial score (nSPS) is 25.6. The second-order valence-corrected chi connectivity index (χ2v) is 8.06. The van der Waals surface area contributed by atoms with E-state index in [-0.39, 0.29) is 35.3 Å². The molecule has 0 bridgehead atoms. The molecular weight excluding hydrogens is 294 g/mol. The van der Waals surface area contributed by atoms with E-state index in [2.05, 4.69) is 10.6 Å². The second kappa shape index (κ2) is 6.64. The SMILES string of the molecule is CNC(=O)C1CCN(C(=O)NC[C@H]2CCS(=O)(=O)C2)CC1. The summed E-state index contributed by atoms with van der Waals surface area (Å²) in [6.07, 6.45) is 1.97. The Kier molecular flexibility index (Phi) is 5.08. The van der Waals surface area contributed by atoms with Crippen molar-refractivity contribution in [2.24, 2.45) is 11.8 Å². The molecule has 1 atom stereocenters. The fourth-order valence-electron chi connectivity index (χ4n) is 2.93. The number of piperidine rings is 1. The first-order valence-corrected chi connectivity index (χ1v) is 9.18. The van der Waals surface area contributed by atoms with E-state index in [1.54, 1.807) is 11.9 Å². The van der Waals surface area contributed by atoms with Crippen LogP contribution >= 0.6 is 0 Å². The van der Waals surface area contributed by atoms with Gasteiger partial charge in [0.05, 0.1) is 11.5 Å². The van der Waals surface area contributed by atoms with Crippen molar-refractivity contribution in [1.29, 1.82) is 0 Å². The van der Waals surface area contributed by atoms with Gasteiger partial charge in [-0.1, -0.05) is 0 Å². The van der Waals surface area contributed by atoms with E-state index in [0.717, 1.165) is 0 Å². The molecule has 21 heavy (non-hydrogen) atoms. The van der Waals surface area contributed by atoms with Gasteiger partial charge in [0.15, 0.2) is 9.84 Å². The van der Waals surface area contributed by atoms with Crippen LogP contribution in [-0.4, -0.2) is 63.4 Å². The first-order valence-electron chi connectivity index (χ1n) is 7.36. The molecule has 0 aromatic carbocycles. The first kappa shape index (κ1) is 16.1. The van der Waals surface area contributed by atoms with Crippen LogP contribution in [0.1, 0.15) is 19.3 Å². The van der Waals surface area contributed by atoms with Gasteiger partial charge in [-0.15, -0.1) is 0 Å². The molecule has 0 radical (unpaired) electrons. The molecule has 0 saturated carbocycles. The highest BCUT2D eigenvalue weighted by atomic mass is 32.2. The van der Waals surface area contributed by atoms with Crippen molar-refractivity contribution >= 4 is 21.8 Å². The highest BCUT2D eigenvalue weighted by Gasteiger charge is 2.30. The predicted octanol–water partition coefficient (Wildman–Crippen LogP) is -0.411. The summed E-state index contributed by atoms with van der Waals surface area (Å²) in [7, 11) is -1.28. The van der Waals surface area contributed by atoms with E-state index in [0.29, 0.717) is 38.9 Å². The minimum Gasteiger partial charge on any atom is -0.359 e. The maximum absolute atomic E-state index is 12.0. The standard InChI is InChI=1S/C13H23N3O4S/c1-14-12(17)11-2-5-16(6-3-11)13(18)15-8-10-4-7-21(19,20)9-10/h10-11H,2-9H2,1H3,(H,14,17)(H,15,18)/t10-/m1/s1. The van der Waals surface area contributed by atoms with Crippen LogP contribution in [0.4, 0.5) is 4.79 Å². The van der Waals surface area contributed by atoms with Crippen molar-refractivity contribution in [2.45, 2.75) is 19.3 Å². The van der Waals surface area contributed by atoms with Gasteiger partial charge < -0.3 is 15.5 Å². The average molecular weight is 317 g/mol. The third kappa shape index (κ3) is 4.33. The maximum atomic E-state index is 12.0. The van der Waals surface area contributed by atoms with Crippen molar-refractivity contribution in [3.05, 3.63) is 0 Å². The van der Waals surface area contributed by atoms with E-state index >= 15 is 0 Å². The number of likely N-dealkylation sites (tertiary alicyclic amines) is 1. The van der Waals surface area contributed by atoms with Crippen LogP contribution in [0.5, 0.6) is 0 Å². The summed E-state index contributed by atoms with van der Waals surface area (Å²) in [5.74, 6) is 0.449. The van der Waals surface area contributed by atoms with Crippen molar-refractivity contribution < 1.29 is 18.0 Å². The molecule has 0 spiro atoms. The van der Waals surface area contributed by atoms with Gasteiger partial charge in [-0.2, -0.15) is 0 Å². The van der Waals surface area contributed by atoms with E-state index in [4.69, 9.17) is 0 Å². The molecule has 3 amide bonds. The molecular formula is C13H23N3O4S. The Morgan fingerprint density at radius 2 is 1.86 bits per heavy atom. The van der Waals surface area contributed by atoms with Crippen LogP contribution < -0.4 is 10.6 Å². The number of hydrogen-bond acceptors (Lipinski definition) is 4. The lowest BCUT2D eigenvalue weighted by Gasteiger charge is -2.31. The first-order chi connectivity index (χ1) is 9.91. The summed E-state index contributed by atoms with van der Waals surface area (Å²) in [6, 6.07) is -0.158. The van der Waals surface area contributed by atoms with Gasteiger partial charge >= 0.3 is 6.03 Å². The summed E-state index contributed by atoms with van der Waals surface area (Å²) in [6.45, 7) is 1.53. The zero-order valence-electron chi connectivity index (χ0n) is 12.3. The molecule has 7 nitrogen and oxygen atoms in total. The Morgan fingerprint density at radius 3 is 2.38 bits per heavy atom. The summed E-state index contributed by atoms with van der Waals surface area (Å²) >= 11 is 0. The van der Waals surface area contributed by atoms with Gasteiger partial charge in [-0.25, -0.2) is 13.2 Å². The molecule has 2 heterocycles. The number of nitrogens with zero attached hydrogens (tertiary/aromatic N) is 1. The topological polar surface area (TPSA) is 95.6 Å². The highest BCUT2D eigenvalue weighted by molar-refractivity contribution is 7.91. The zero-order valence-corrected chi connectivity index (χ0v) is 13.1. The third-order valence-corrected chi connectivity index (χ3v) is 6.11. The van der Waals surface area contributed by atoms with Crippen molar-refractivity contribution in [2.75, 3.05) is 38.2 Å². The molecule has 2 aliphatic rings. The summed E-state index contributed by atoms with van der Waals surface area (Å²) < 4.78 is 22.7. The number of amides is 3. The fraction of sp³-hybridized carbons (Fsp3) is 0.846. The van der Waals surface area contributed by atoms with E-state index in [1.807, 2.05) is 0 Å². The third-order valence-electron chi connectivity index (χ3n) is 4.27. The number of rotatable bonds is 3. The van der Waals surface area contributed by atoms with Gasteiger partial charge in [-0.05, 0) is 25.2 Å². The molecule has 2 N–H and O–H groups in total. The van der Waals surface area contributed by atoms with Gasteiger partial charge in [0.1, 0.15) is 0 Å². The number of sulfone groups is 1. The molecule has 2 aliphatic heterocycles. The van der Waals surface area contributed by atoms with Crippen LogP contribution in [0.15, 0.2) is 0 Å². The molecule has 0 aromatic rings.